The summed E-state index contributed by atoms with van der Waals surface area (Å²) in [6.07, 6.45) is 0.385. The number of hydrogen-bond donors (Lipinski definition) is 0. The molecule has 0 amide bonds. The van der Waals surface area contributed by atoms with E-state index in [0.717, 1.165) is 18.7 Å². The van der Waals surface area contributed by atoms with Gasteiger partial charge in [-0.2, -0.15) is 0 Å². The molecule has 0 aliphatic rings. The van der Waals surface area contributed by atoms with Gasteiger partial charge in [-0.3, -0.25) is 9.69 Å². The largest absolute Gasteiger partial charge is 0.469 e. The summed E-state index contributed by atoms with van der Waals surface area (Å²) in [4.78, 5) is 13.1. The molecule has 0 radical (unpaired) electrons. The molecule has 94 valence electrons. The molecule has 0 aliphatic heterocycles. The van der Waals surface area contributed by atoms with E-state index in [2.05, 4.69) is 9.64 Å². The van der Waals surface area contributed by atoms with E-state index >= 15 is 0 Å². The Morgan fingerprint density at radius 2 is 2.06 bits per heavy atom. The molecule has 16 heavy (non-hydrogen) atoms. The van der Waals surface area contributed by atoms with Gasteiger partial charge in [-0.1, -0.05) is 11.6 Å². The average Bonchev–Trinajstić information content (AvgIpc) is 2.31. The summed E-state index contributed by atoms with van der Waals surface area (Å²) in [6, 6.07) is 0. The number of ether oxygens (including phenoxy) is 2. The molecular formula is C11H20ClNO3. The number of carbonyl (C=O) groups is 1. The van der Waals surface area contributed by atoms with Gasteiger partial charge in [0.2, 0.25) is 0 Å². The molecule has 0 fully saturated rings. The number of carbonyl (C=O) groups excluding carboxylic acids is 1. The van der Waals surface area contributed by atoms with Crippen LogP contribution in [0.3, 0.4) is 0 Å². The first-order valence-corrected chi connectivity index (χ1v) is 5.61. The van der Waals surface area contributed by atoms with E-state index in [1.807, 2.05) is 6.92 Å². The molecule has 0 saturated carbocycles. The van der Waals surface area contributed by atoms with Crippen LogP contribution in [0.5, 0.6) is 0 Å². The minimum Gasteiger partial charge on any atom is -0.469 e. The van der Waals surface area contributed by atoms with Gasteiger partial charge in [0.15, 0.2) is 0 Å². The van der Waals surface area contributed by atoms with E-state index in [1.54, 1.807) is 12.6 Å². The monoisotopic (exact) mass is 249 g/mol. The van der Waals surface area contributed by atoms with Crippen LogP contribution in [0.2, 0.25) is 0 Å². The Morgan fingerprint density at radius 3 is 2.56 bits per heavy atom. The van der Waals surface area contributed by atoms with Crippen molar-refractivity contribution in [2.24, 2.45) is 0 Å². The Morgan fingerprint density at radius 1 is 1.38 bits per heavy atom. The van der Waals surface area contributed by atoms with Crippen LogP contribution >= 0.6 is 11.6 Å². The van der Waals surface area contributed by atoms with E-state index < -0.39 is 0 Å². The number of nitrogens with zero attached hydrogens (tertiary/aromatic N) is 1. The van der Waals surface area contributed by atoms with E-state index in [-0.39, 0.29) is 5.97 Å². The maximum Gasteiger partial charge on any atom is 0.306 e. The quantitative estimate of drug-likeness (QED) is 0.613. The molecule has 0 bridgehead atoms. The second-order valence-corrected chi connectivity index (χ2v) is 3.77. The summed E-state index contributed by atoms with van der Waals surface area (Å²) in [5, 5.41) is 0. The second kappa shape index (κ2) is 9.63. The zero-order valence-electron chi connectivity index (χ0n) is 10.2. The Labute approximate surface area is 102 Å². The highest BCUT2D eigenvalue weighted by Gasteiger charge is 2.08. The van der Waals surface area contributed by atoms with Crippen LogP contribution in [0.4, 0.5) is 0 Å². The fourth-order valence-corrected chi connectivity index (χ4v) is 1.30. The zero-order valence-corrected chi connectivity index (χ0v) is 10.9. The van der Waals surface area contributed by atoms with E-state index in [9.17, 15) is 4.79 Å². The summed E-state index contributed by atoms with van der Waals surface area (Å²) in [5.74, 6) is -0.199. The van der Waals surface area contributed by atoms with Crippen molar-refractivity contribution in [1.29, 1.82) is 0 Å². The molecule has 0 spiro atoms. The van der Waals surface area contributed by atoms with Crippen LogP contribution < -0.4 is 0 Å². The lowest BCUT2D eigenvalue weighted by Crippen LogP contribution is -2.31. The summed E-state index contributed by atoms with van der Waals surface area (Å²) in [5.41, 5.74) is 2.61. The summed E-state index contributed by atoms with van der Waals surface area (Å²) < 4.78 is 9.61. The Bertz CT molecular complexity index is 231. The lowest BCUT2D eigenvalue weighted by Gasteiger charge is -2.21. The van der Waals surface area contributed by atoms with Crippen molar-refractivity contribution < 1.29 is 14.3 Å². The fraction of sp³-hybridized carbons (Fsp3) is 0.727. The van der Waals surface area contributed by atoms with Crippen LogP contribution in [-0.2, 0) is 14.3 Å². The van der Waals surface area contributed by atoms with Crippen molar-refractivity contribution in [3.63, 3.8) is 0 Å². The van der Waals surface area contributed by atoms with Crippen molar-refractivity contribution in [3.8, 4) is 0 Å². The number of hydrogen-bond acceptors (Lipinski definition) is 4. The molecular weight excluding hydrogens is 230 g/mol. The van der Waals surface area contributed by atoms with E-state index in [0.29, 0.717) is 19.6 Å². The Kier molecular flexibility index (Phi) is 9.28. The van der Waals surface area contributed by atoms with Crippen molar-refractivity contribution in [2.75, 3.05) is 40.5 Å². The maximum atomic E-state index is 11.0. The molecule has 0 aromatic heterocycles. The molecule has 0 rings (SSSR count). The molecule has 0 aromatic rings. The number of halogens is 1. The van der Waals surface area contributed by atoms with Gasteiger partial charge in [-0.15, -0.1) is 0 Å². The van der Waals surface area contributed by atoms with Crippen molar-refractivity contribution in [1.82, 2.24) is 4.90 Å². The zero-order chi connectivity index (χ0) is 12.4. The predicted molar refractivity (Wildman–Crippen MR) is 64.6 cm³/mol. The first-order chi connectivity index (χ1) is 7.63. The molecule has 5 heteroatoms. The van der Waals surface area contributed by atoms with Gasteiger partial charge in [-0.25, -0.2) is 0 Å². The highest BCUT2D eigenvalue weighted by Crippen LogP contribution is 2.02. The number of esters is 1. The van der Waals surface area contributed by atoms with Crippen LogP contribution in [-0.4, -0.2) is 51.3 Å². The van der Waals surface area contributed by atoms with Gasteiger partial charge in [0.1, 0.15) is 0 Å². The third-order valence-corrected chi connectivity index (χ3v) is 2.50. The van der Waals surface area contributed by atoms with E-state index in [4.69, 9.17) is 16.3 Å². The van der Waals surface area contributed by atoms with Crippen LogP contribution in [0.15, 0.2) is 11.1 Å². The smallest absolute Gasteiger partial charge is 0.306 e. The molecule has 0 heterocycles. The summed E-state index contributed by atoms with van der Waals surface area (Å²) >= 11 is 5.61. The third-order valence-electron chi connectivity index (χ3n) is 2.13. The molecule has 0 saturated heterocycles. The summed E-state index contributed by atoms with van der Waals surface area (Å²) in [7, 11) is 3.05. The van der Waals surface area contributed by atoms with Crippen molar-refractivity contribution in [2.45, 2.75) is 13.3 Å². The van der Waals surface area contributed by atoms with Crippen molar-refractivity contribution in [3.05, 3.63) is 11.1 Å². The third kappa shape index (κ3) is 7.68. The Hall–Kier alpha value is -0.580. The maximum absolute atomic E-state index is 11.0. The lowest BCUT2D eigenvalue weighted by atomic mass is 10.3. The lowest BCUT2D eigenvalue weighted by molar-refractivity contribution is -0.141. The van der Waals surface area contributed by atoms with Crippen LogP contribution in [0.25, 0.3) is 0 Å². The molecule has 0 aliphatic carbocycles. The van der Waals surface area contributed by atoms with Gasteiger partial charge in [-0.05, 0) is 12.5 Å². The molecule has 0 aromatic carbocycles. The molecule has 4 nitrogen and oxygen atoms in total. The second-order valence-electron chi connectivity index (χ2n) is 3.55. The van der Waals surface area contributed by atoms with Gasteiger partial charge in [0.05, 0.1) is 20.1 Å². The molecule has 0 unspecified atom stereocenters. The molecule has 0 atom stereocenters. The topological polar surface area (TPSA) is 38.8 Å². The number of methoxy groups -OCH3 is 2. The van der Waals surface area contributed by atoms with Gasteiger partial charge in [0, 0.05) is 32.3 Å². The average molecular weight is 250 g/mol. The SMILES string of the molecule is COCCN(CCC(=O)OC)CC(C)=CCl. The fourth-order valence-electron chi connectivity index (χ4n) is 1.23. The van der Waals surface area contributed by atoms with Crippen LogP contribution in [0, 0.1) is 0 Å². The van der Waals surface area contributed by atoms with E-state index in [1.165, 1.54) is 7.11 Å². The number of rotatable bonds is 8. The van der Waals surface area contributed by atoms with Gasteiger partial charge < -0.3 is 9.47 Å². The standard InChI is InChI=1S/C11H20ClNO3/c1-10(8-12)9-13(6-7-15-2)5-4-11(14)16-3/h8H,4-7,9H2,1-3H3. The first kappa shape index (κ1) is 15.4. The molecule has 0 N–H and O–H groups in total. The van der Waals surface area contributed by atoms with Crippen molar-refractivity contribution >= 4 is 17.6 Å². The minimum absolute atomic E-state index is 0.199. The predicted octanol–water partition coefficient (Wildman–Crippen LogP) is 1.64. The highest BCUT2D eigenvalue weighted by atomic mass is 35.5. The van der Waals surface area contributed by atoms with Gasteiger partial charge >= 0.3 is 5.97 Å². The highest BCUT2D eigenvalue weighted by molar-refractivity contribution is 6.25. The van der Waals surface area contributed by atoms with Crippen LogP contribution in [0.1, 0.15) is 13.3 Å². The summed E-state index contributed by atoms with van der Waals surface area (Å²) in [6.45, 7) is 4.75. The Balaban J connectivity index is 4.04. The first-order valence-electron chi connectivity index (χ1n) is 5.18. The minimum atomic E-state index is -0.199. The normalized spacial score (nSPS) is 11.9. The van der Waals surface area contributed by atoms with Gasteiger partial charge in [0.25, 0.3) is 0 Å².